The molecule has 0 bridgehead atoms. The molecule has 2 nitrogen and oxygen atoms in total. The summed E-state index contributed by atoms with van der Waals surface area (Å²) in [7, 11) is 1.71. The fourth-order valence-corrected chi connectivity index (χ4v) is 3.46. The lowest BCUT2D eigenvalue weighted by Gasteiger charge is -2.20. The van der Waals surface area contributed by atoms with Crippen LogP contribution in [0, 0.1) is 0 Å². The Morgan fingerprint density at radius 3 is 2.59 bits per heavy atom. The summed E-state index contributed by atoms with van der Waals surface area (Å²) in [4.78, 5) is 11.5. The van der Waals surface area contributed by atoms with E-state index in [0.717, 1.165) is 25.0 Å². The minimum atomic E-state index is 0.261. The van der Waals surface area contributed by atoms with E-state index in [1.807, 2.05) is 6.07 Å². The largest absolute Gasteiger partial charge is 0.497 e. The molecular formula is C20H22O2. The van der Waals surface area contributed by atoms with Gasteiger partial charge in [-0.3, -0.25) is 0 Å². The number of ether oxygens (including phenoxy) is 1. The summed E-state index contributed by atoms with van der Waals surface area (Å²) >= 11 is 0. The van der Waals surface area contributed by atoms with Gasteiger partial charge in [0.2, 0.25) is 0 Å². The first-order valence-corrected chi connectivity index (χ1v) is 7.93. The van der Waals surface area contributed by atoms with Crippen LogP contribution >= 0.6 is 0 Å². The van der Waals surface area contributed by atoms with Crippen molar-refractivity contribution in [3.8, 4) is 5.75 Å². The molecule has 0 amide bonds. The Balaban J connectivity index is 2.06. The number of carbonyl (C=O) groups excluding carboxylic acids is 1. The Morgan fingerprint density at radius 1 is 1.09 bits per heavy atom. The molecule has 0 heterocycles. The Kier molecular flexibility index (Phi) is 4.28. The number of hydrogen-bond donors (Lipinski definition) is 0. The zero-order chi connectivity index (χ0) is 15.5. The monoisotopic (exact) mass is 294 g/mol. The predicted molar refractivity (Wildman–Crippen MR) is 88.6 cm³/mol. The van der Waals surface area contributed by atoms with E-state index < -0.39 is 0 Å². The van der Waals surface area contributed by atoms with Gasteiger partial charge in [-0.05, 0) is 60.6 Å². The summed E-state index contributed by atoms with van der Waals surface area (Å²) in [6, 6.07) is 15.0. The number of aryl methyl sites for hydroxylation is 2. The number of hydrogen-bond acceptors (Lipinski definition) is 2. The molecule has 0 saturated heterocycles. The third kappa shape index (κ3) is 2.92. The van der Waals surface area contributed by atoms with Crippen molar-refractivity contribution in [1.29, 1.82) is 0 Å². The number of Topliss-reactive ketones (excluding diaryl/α,β-unsaturated/α-hetero) is 1. The van der Waals surface area contributed by atoms with Crippen molar-refractivity contribution in [3.63, 3.8) is 0 Å². The highest BCUT2D eigenvalue weighted by Gasteiger charge is 2.23. The van der Waals surface area contributed by atoms with E-state index in [0.29, 0.717) is 12.3 Å². The lowest BCUT2D eigenvalue weighted by molar-refractivity contribution is -0.117. The quantitative estimate of drug-likeness (QED) is 0.840. The first-order chi connectivity index (χ1) is 10.7. The van der Waals surface area contributed by atoms with Crippen molar-refractivity contribution in [2.45, 2.75) is 38.5 Å². The molecule has 0 radical (unpaired) electrons. The zero-order valence-corrected chi connectivity index (χ0v) is 13.3. The molecule has 22 heavy (non-hydrogen) atoms. The number of fused-ring (bicyclic) bond motifs is 2. The summed E-state index contributed by atoms with van der Waals surface area (Å²) in [5.41, 5.74) is 5.50. The molecule has 0 aromatic heterocycles. The van der Waals surface area contributed by atoms with Gasteiger partial charge in [-0.25, -0.2) is 0 Å². The van der Waals surface area contributed by atoms with Crippen LogP contribution in [0.25, 0.3) is 0 Å². The molecular weight excluding hydrogens is 272 g/mol. The van der Waals surface area contributed by atoms with Gasteiger partial charge >= 0.3 is 0 Å². The van der Waals surface area contributed by atoms with Crippen molar-refractivity contribution in [1.82, 2.24) is 0 Å². The van der Waals surface area contributed by atoms with E-state index in [9.17, 15) is 4.79 Å². The average molecular weight is 294 g/mol. The van der Waals surface area contributed by atoms with Crippen LogP contribution in [0.1, 0.15) is 47.9 Å². The highest BCUT2D eigenvalue weighted by molar-refractivity contribution is 5.75. The van der Waals surface area contributed by atoms with Gasteiger partial charge in [0.1, 0.15) is 11.5 Å². The molecule has 1 aliphatic carbocycles. The molecule has 2 heteroatoms. The van der Waals surface area contributed by atoms with Gasteiger partial charge in [0.05, 0.1) is 7.11 Å². The van der Waals surface area contributed by atoms with Gasteiger partial charge in [-0.15, -0.1) is 0 Å². The number of ketones is 1. The molecule has 0 saturated carbocycles. The highest BCUT2D eigenvalue weighted by atomic mass is 16.5. The van der Waals surface area contributed by atoms with Crippen LogP contribution in [0.3, 0.4) is 0 Å². The summed E-state index contributed by atoms with van der Waals surface area (Å²) in [6.45, 7) is 1.68. The zero-order valence-electron chi connectivity index (χ0n) is 13.3. The number of rotatable bonds is 4. The van der Waals surface area contributed by atoms with Crippen LogP contribution < -0.4 is 4.74 Å². The molecule has 1 aliphatic rings. The van der Waals surface area contributed by atoms with E-state index in [1.165, 1.54) is 22.3 Å². The van der Waals surface area contributed by atoms with Crippen molar-refractivity contribution in [2.24, 2.45) is 0 Å². The highest BCUT2D eigenvalue weighted by Crippen LogP contribution is 2.38. The predicted octanol–water partition coefficient (Wildman–Crippen LogP) is 4.29. The summed E-state index contributed by atoms with van der Waals surface area (Å²) in [6.07, 6.45) is 3.59. The lowest BCUT2D eigenvalue weighted by Crippen LogP contribution is -2.06. The van der Waals surface area contributed by atoms with Gasteiger partial charge in [-0.2, -0.15) is 0 Å². The summed E-state index contributed by atoms with van der Waals surface area (Å²) in [5.74, 6) is 1.48. The topological polar surface area (TPSA) is 26.3 Å². The Labute approximate surface area is 132 Å². The maximum atomic E-state index is 11.5. The lowest BCUT2D eigenvalue weighted by atomic mass is 9.84. The van der Waals surface area contributed by atoms with E-state index >= 15 is 0 Å². The minimum Gasteiger partial charge on any atom is -0.497 e. The number of carbonyl (C=O) groups is 1. The van der Waals surface area contributed by atoms with Crippen LogP contribution in [0.15, 0.2) is 42.5 Å². The summed E-state index contributed by atoms with van der Waals surface area (Å²) < 4.78 is 5.38. The molecule has 0 N–H and O–H groups in total. The fourth-order valence-electron chi connectivity index (χ4n) is 3.46. The van der Waals surface area contributed by atoms with Crippen molar-refractivity contribution < 1.29 is 9.53 Å². The van der Waals surface area contributed by atoms with Gasteiger partial charge in [0.15, 0.2) is 0 Å². The van der Waals surface area contributed by atoms with Gasteiger partial charge in [0.25, 0.3) is 0 Å². The van der Waals surface area contributed by atoms with Gasteiger partial charge in [0, 0.05) is 12.3 Å². The second kappa shape index (κ2) is 6.35. The van der Waals surface area contributed by atoms with Crippen LogP contribution in [-0.2, 0) is 17.6 Å². The Bertz CT molecular complexity index is 688. The molecule has 1 atom stereocenters. The first-order valence-electron chi connectivity index (χ1n) is 7.93. The van der Waals surface area contributed by atoms with Crippen molar-refractivity contribution >= 4 is 5.78 Å². The number of benzene rings is 2. The van der Waals surface area contributed by atoms with Crippen molar-refractivity contribution in [2.75, 3.05) is 7.11 Å². The molecule has 114 valence electrons. The van der Waals surface area contributed by atoms with E-state index in [2.05, 4.69) is 36.4 Å². The van der Waals surface area contributed by atoms with E-state index in [-0.39, 0.29) is 5.78 Å². The maximum Gasteiger partial charge on any atom is 0.129 e. The Morgan fingerprint density at radius 2 is 1.82 bits per heavy atom. The molecule has 2 aromatic rings. The second-order valence-electron chi connectivity index (χ2n) is 6.06. The molecule has 0 aliphatic heterocycles. The minimum absolute atomic E-state index is 0.261. The molecule has 0 spiro atoms. The third-order valence-electron chi connectivity index (χ3n) is 4.60. The second-order valence-corrected chi connectivity index (χ2v) is 6.06. The van der Waals surface area contributed by atoms with Gasteiger partial charge in [-0.1, -0.05) is 30.3 Å². The van der Waals surface area contributed by atoms with Crippen molar-refractivity contribution in [3.05, 3.63) is 64.7 Å². The Hall–Kier alpha value is -2.09. The van der Waals surface area contributed by atoms with E-state index in [4.69, 9.17) is 4.74 Å². The molecule has 3 rings (SSSR count). The fraction of sp³-hybridized carbons (Fsp3) is 0.350. The summed E-state index contributed by atoms with van der Waals surface area (Å²) in [5, 5.41) is 0. The van der Waals surface area contributed by atoms with Crippen LogP contribution in [0.4, 0.5) is 0 Å². The molecule has 0 fully saturated rings. The molecule has 2 aromatic carbocycles. The van der Waals surface area contributed by atoms with Gasteiger partial charge < -0.3 is 9.53 Å². The van der Waals surface area contributed by atoms with Crippen LogP contribution in [0.2, 0.25) is 0 Å². The van der Waals surface area contributed by atoms with Crippen LogP contribution in [0.5, 0.6) is 5.75 Å². The van der Waals surface area contributed by atoms with E-state index in [1.54, 1.807) is 14.0 Å². The smallest absolute Gasteiger partial charge is 0.129 e. The maximum absolute atomic E-state index is 11.5. The number of methoxy groups -OCH3 is 1. The third-order valence-corrected chi connectivity index (χ3v) is 4.60. The van der Waals surface area contributed by atoms with Crippen LogP contribution in [-0.4, -0.2) is 12.9 Å². The first kappa shape index (κ1) is 14.8. The molecule has 1 unspecified atom stereocenters. The SMILES string of the molecule is COc1ccc2c(c1)CCc1ccccc1C2CCC(C)=O. The average Bonchev–Trinajstić information content (AvgIpc) is 2.69. The normalized spacial score (nSPS) is 16.4. The standard InChI is InChI=1S/C20H22O2/c1-14(21)7-11-20-18-6-4-3-5-15(18)8-9-16-13-17(22-2)10-12-19(16)20/h3-6,10,12-13,20H,7-9,11H2,1-2H3.